The van der Waals surface area contributed by atoms with E-state index in [0.717, 1.165) is 18.1 Å². The second kappa shape index (κ2) is 7.72. The summed E-state index contributed by atoms with van der Waals surface area (Å²) in [5, 5.41) is 6.06. The summed E-state index contributed by atoms with van der Waals surface area (Å²) in [7, 11) is 3.45. The maximum absolute atomic E-state index is 11.7. The first-order valence-electron chi connectivity index (χ1n) is 8.02. The summed E-state index contributed by atoms with van der Waals surface area (Å²) >= 11 is 0. The van der Waals surface area contributed by atoms with Gasteiger partial charge in [0.1, 0.15) is 0 Å². The molecule has 1 heterocycles. The van der Waals surface area contributed by atoms with Crippen molar-refractivity contribution in [2.75, 3.05) is 20.6 Å². The van der Waals surface area contributed by atoms with Crippen molar-refractivity contribution in [3.05, 3.63) is 35.4 Å². The largest absolute Gasteiger partial charge is 0.355 e. The number of carbonyl (C=O) groups excluding carboxylic acids is 1. The molecule has 24 heavy (non-hydrogen) atoms. The first-order chi connectivity index (χ1) is 10.7. The van der Waals surface area contributed by atoms with Gasteiger partial charge in [0.05, 0.1) is 0 Å². The van der Waals surface area contributed by atoms with Crippen LogP contribution < -0.4 is 10.6 Å². The van der Waals surface area contributed by atoms with Gasteiger partial charge in [-0.05, 0) is 31.5 Å². The van der Waals surface area contributed by atoms with Crippen LogP contribution in [0.4, 0.5) is 0 Å². The Balaban J connectivity index is 0.00000288. The monoisotopic (exact) mass is 444 g/mol. The van der Waals surface area contributed by atoms with Gasteiger partial charge in [0.15, 0.2) is 5.96 Å². The zero-order chi connectivity index (χ0) is 17.3. The van der Waals surface area contributed by atoms with Gasteiger partial charge in [-0.1, -0.05) is 26.0 Å². The number of hydrogen-bond donors (Lipinski definition) is 2. The van der Waals surface area contributed by atoms with Gasteiger partial charge < -0.3 is 15.5 Å². The number of hydrogen-bond acceptors (Lipinski definition) is 2. The van der Waals surface area contributed by atoms with Crippen LogP contribution >= 0.6 is 24.0 Å². The highest BCUT2D eigenvalue weighted by Gasteiger charge is 2.53. The lowest BCUT2D eigenvalue weighted by molar-refractivity contribution is -0.0667. The van der Waals surface area contributed by atoms with Gasteiger partial charge in [0.25, 0.3) is 5.91 Å². The Morgan fingerprint density at radius 1 is 1.29 bits per heavy atom. The van der Waals surface area contributed by atoms with Crippen LogP contribution in [-0.2, 0) is 6.54 Å². The number of nitrogens with zero attached hydrogens (tertiary/aromatic N) is 2. The third-order valence-corrected chi connectivity index (χ3v) is 5.22. The van der Waals surface area contributed by atoms with Crippen molar-refractivity contribution in [3.63, 3.8) is 0 Å². The average molecular weight is 444 g/mol. The molecule has 1 amide bonds. The molecule has 2 rings (SSSR count). The van der Waals surface area contributed by atoms with Gasteiger partial charge in [-0.2, -0.15) is 0 Å². The minimum Gasteiger partial charge on any atom is -0.355 e. The van der Waals surface area contributed by atoms with Crippen molar-refractivity contribution in [1.82, 2.24) is 15.5 Å². The number of aliphatic imine (C=N–C) groups is 1. The molecule has 1 saturated heterocycles. The van der Waals surface area contributed by atoms with Gasteiger partial charge >= 0.3 is 0 Å². The highest BCUT2D eigenvalue weighted by atomic mass is 127. The molecule has 0 atom stereocenters. The molecule has 5 nitrogen and oxygen atoms in total. The lowest BCUT2D eigenvalue weighted by Gasteiger charge is -2.62. The van der Waals surface area contributed by atoms with Crippen molar-refractivity contribution < 1.29 is 4.79 Å². The summed E-state index contributed by atoms with van der Waals surface area (Å²) in [4.78, 5) is 18.4. The van der Waals surface area contributed by atoms with E-state index in [1.807, 2.05) is 31.3 Å². The number of benzene rings is 1. The van der Waals surface area contributed by atoms with Gasteiger partial charge in [0, 0.05) is 43.7 Å². The fraction of sp³-hybridized carbons (Fsp3) is 0.556. The van der Waals surface area contributed by atoms with Gasteiger partial charge in [-0.3, -0.25) is 9.79 Å². The van der Waals surface area contributed by atoms with Crippen LogP contribution in [0.1, 0.15) is 43.6 Å². The molecule has 0 bridgehead atoms. The topological polar surface area (TPSA) is 56.7 Å². The molecule has 1 aromatic rings. The van der Waals surface area contributed by atoms with E-state index in [4.69, 9.17) is 0 Å². The number of nitrogens with one attached hydrogen (secondary N) is 2. The van der Waals surface area contributed by atoms with Gasteiger partial charge in [-0.25, -0.2) is 0 Å². The van der Waals surface area contributed by atoms with E-state index in [1.54, 1.807) is 7.05 Å². The van der Waals surface area contributed by atoms with E-state index in [2.05, 4.69) is 48.2 Å². The summed E-state index contributed by atoms with van der Waals surface area (Å²) < 4.78 is 0. The predicted octanol–water partition coefficient (Wildman–Crippen LogP) is 2.86. The van der Waals surface area contributed by atoms with E-state index in [-0.39, 0.29) is 40.8 Å². The van der Waals surface area contributed by atoms with E-state index < -0.39 is 0 Å². The SMILES string of the molecule is CN=C(NCc1cccc(C(=O)NC)c1)N1CC(C)(C)C1(C)C.I. The van der Waals surface area contributed by atoms with Crippen LogP contribution in [0.15, 0.2) is 29.3 Å². The lowest BCUT2D eigenvalue weighted by Crippen LogP contribution is -2.72. The van der Waals surface area contributed by atoms with Gasteiger partial charge in [-0.15, -0.1) is 24.0 Å². The highest BCUT2D eigenvalue weighted by Crippen LogP contribution is 2.46. The number of likely N-dealkylation sites (tertiary alicyclic amines) is 1. The molecule has 134 valence electrons. The van der Waals surface area contributed by atoms with Crippen LogP contribution in [0, 0.1) is 5.41 Å². The molecule has 1 aliphatic heterocycles. The summed E-state index contributed by atoms with van der Waals surface area (Å²) in [6.07, 6.45) is 0. The summed E-state index contributed by atoms with van der Waals surface area (Å²) in [5.41, 5.74) is 2.07. The van der Waals surface area contributed by atoms with Crippen molar-refractivity contribution in [3.8, 4) is 0 Å². The Bertz CT molecular complexity index is 625. The van der Waals surface area contributed by atoms with E-state index in [9.17, 15) is 4.79 Å². The first-order valence-corrected chi connectivity index (χ1v) is 8.02. The number of rotatable bonds is 3. The molecule has 0 radical (unpaired) electrons. The molecule has 0 unspecified atom stereocenters. The zero-order valence-corrected chi connectivity index (χ0v) is 17.8. The zero-order valence-electron chi connectivity index (χ0n) is 15.4. The van der Waals surface area contributed by atoms with Crippen molar-refractivity contribution >= 4 is 35.8 Å². The van der Waals surface area contributed by atoms with Crippen LogP contribution in [0.5, 0.6) is 0 Å². The number of guanidine groups is 1. The van der Waals surface area contributed by atoms with E-state index in [0.29, 0.717) is 12.1 Å². The number of amides is 1. The smallest absolute Gasteiger partial charge is 0.251 e. The molecular weight excluding hydrogens is 415 g/mol. The van der Waals surface area contributed by atoms with Crippen LogP contribution in [0.25, 0.3) is 0 Å². The summed E-state index contributed by atoms with van der Waals surface area (Å²) in [5.74, 6) is 0.835. The normalized spacial score (nSPS) is 18.2. The van der Waals surface area contributed by atoms with Crippen LogP contribution in [0.3, 0.4) is 0 Å². The molecule has 0 aromatic heterocycles. The minimum absolute atomic E-state index is 0. The molecule has 1 aromatic carbocycles. The minimum atomic E-state index is -0.0677. The Kier molecular flexibility index (Phi) is 6.67. The number of halogens is 1. The maximum Gasteiger partial charge on any atom is 0.251 e. The van der Waals surface area contributed by atoms with Crippen molar-refractivity contribution in [1.29, 1.82) is 0 Å². The fourth-order valence-electron chi connectivity index (χ4n) is 2.84. The Labute approximate surface area is 162 Å². The molecule has 6 heteroatoms. The quantitative estimate of drug-likeness (QED) is 0.429. The highest BCUT2D eigenvalue weighted by molar-refractivity contribution is 14.0. The maximum atomic E-state index is 11.7. The third kappa shape index (κ3) is 3.84. The standard InChI is InChI=1S/C18H28N4O.HI/c1-17(2)12-22(18(17,3)4)16(20-6)21-11-13-8-7-9-14(10-13)15(23)19-5;/h7-10H,11-12H2,1-6H3,(H,19,23)(H,20,21);1H. The Hall–Kier alpha value is -1.31. The molecule has 1 aliphatic rings. The fourth-order valence-corrected chi connectivity index (χ4v) is 2.84. The second-order valence-corrected chi connectivity index (χ2v) is 7.21. The predicted molar refractivity (Wildman–Crippen MR) is 110 cm³/mol. The average Bonchev–Trinajstić information content (AvgIpc) is 2.53. The Morgan fingerprint density at radius 3 is 2.46 bits per heavy atom. The molecule has 1 fully saturated rings. The first kappa shape index (κ1) is 20.7. The summed E-state index contributed by atoms with van der Waals surface area (Å²) in [6.45, 7) is 10.7. The molecule has 0 aliphatic carbocycles. The van der Waals surface area contributed by atoms with Crippen molar-refractivity contribution in [2.45, 2.75) is 39.8 Å². The third-order valence-electron chi connectivity index (χ3n) is 5.22. The molecular formula is C18H29IN4O. The number of carbonyl (C=O) groups is 1. The van der Waals surface area contributed by atoms with Crippen LogP contribution in [-0.4, -0.2) is 42.9 Å². The lowest BCUT2D eigenvalue weighted by atomic mass is 9.65. The van der Waals surface area contributed by atoms with Gasteiger partial charge in [0.2, 0.25) is 0 Å². The Morgan fingerprint density at radius 2 is 1.96 bits per heavy atom. The van der Waals surface area contributed by atoms with E-state index in [1.165, 1.54) is 0 Å². The summed E-state index contributed by atoms with van der Waals surface area (Å²) in [6, 6.07) is 7.64. The van der Waals surface area contributed by atoms with Crippen molar-refractivity contribution in [2.24, 2.45) is 10.4 Å². The molecule has 0 spiro atoms. The molecule has 0 saturated carbocycles. The van der Waals surface area contributed by atoms with Crippen LogP contribution in [0.2, 0.25) is 0 Å². The van der Waals surface area contributed by atoms with E-state index >= 15 is 0 Å². The molecule has 2 N–H and O–H groups in total. The second-order valence-electron chi connectivity index (χ2n) is 7.21.